The number of aliphatic carboxylic acids is 1. The molecular weight excluding hydrogens is 350 g/mol. The van der Waals surface area contributed by atoms with Crippen molar-refractivity contribution in [1.29, 1.82) is 0 Å². The Bertz CT molecular complexity index is 519. The van der Waals surface area contributed by atoms with E-state index in [0.29, 0.717) is 37.8 Å². The van der Waals surface area contributed by atoms with Crippen molar-refractivity contribution in [2.24, 2.45) is 0 Å². The highest BCUT2D eigenvalue weighted by Crippen LogP contribution is 2.37. The van der Waals surface area contributed by atoms with Crippen molar-refractivity contribution < 1.29 is 19.4 Å². The van der Waals surface area contributed by atoms with Crippen LogP contribution < -0.4 is 9.47 Å². The summed E-state index contributed by atoms with van der Waals surface area (Å²) in [5.41, 5.74) is 1.02. The van der Waals surface area contributed by atoms with Gasteiger partial charge >= 0.3 is 5.97 Å². The topological polar surface area (TPSA) is 59.0 Å². The zero-order valence-corrected chi connectivity index (χ0v) is 14.6. The van der Waals surface area contributed by atoms with Crippen LogP contribution in [0.25, 0.3) is 0 Å². The second-order valence-corrected chi connectivity index (χ2v) is 5.67. The van der Waals surface area contributed by atoms with Crippen LogP contribution in [0.15, 0.2) is 29.3 Å². The molecule has 6 heteroatoms. The summed E-state index contributed by atoms with van der Waals surface area (Å²) in [4.78, 5) is 12.6. The van der Waals surface area contributed by atoms with Gasteiger partial charge in [0.05, 0.1) is 17.5 Å². The van der Waals surface area contributed by atoms with Crippen molar-refractivity contribution in [3.05, 3.63) is 34.8 Å². The van der Waals surface area contributed by atoms with E-state index in [1.54, 1.807) is 6.08 Å². The van der Waals surface area contributed by atoms with Crippen molar-refractivity contribution in [3.63, 3.8) is 0 Å². The quantitative estimate of drug-likeness (QED) is 0.639. The molecule has 0 amide bonds. The van der Waals surface area contributed by atoms with Crippen LogP contribution in [0.1, 0.15) is 18.9 Å². The standard InChI is InChI=1S/C16H22BrNO4/c1-4-8-22-16-13(17)9-12(10-14(16)21-5-2)11-18(3)7-6-15(19)20/h4,9-10H,1,5-8,11H2,2-3H3,(H,19,20). The minimum Gasteiger partial charge on any atom is -0.490 e. The minimum absolute atomic E-state index is 0.122. The molecule has 0 bridgehead atoms. The lowest BCUT2D eigenvalue weighted by Crippen LogP contribution is -2.21. The molecule has 0 unspecified atom stereocenters. The number of ether oxygens (including phenoxy) is 2. The Hall–Kier alpha value is -1.53. The number of carboxylic acid groups (broad SMARTS) is 1. The van der Waals surface area contributed by atoms with Crippen LogP contribution in [0.3, 0.4) is 0 Å². The van der Waals surface area contributed by atoms with Crippen molar-refractivity contribution in [3.8, 4) is 11.5 Å². The molecular formula is C16H22BrNO4. The number of nitrogens with zero attached hydrogens (tertiary/aromatic N) is 1. The maximum atomic E-state index is 10.6. The zero-order valence-electron chi connectivity index (χ0n) is 13.0. The number of rotatable bonds is 10. The molecule has 1 aromatic carbocycles. The molecule has 0 aliphatic carbocycles. The highest BCUT2D eigenvalue weighted by Gasteiger charge is 2.13. The van der Waals surface area contributed by atoms with Gasteiger partial charge in [-0.2, -0.15) is 0 Å². The van der Waals surface area contributed by atoms with Crippen molar-refractivity contribution in [2.45, 2.75) is 19.9 Å². The van der Waals surface area contributed by atoms with E-state index in [4.69, 9.17) is 14.6 Å². The van der Waals surface area contributed by atoms with Crippen molar-refractivity contribution >= 4 is 21.9 Å². The Morgan fingerprint density at radius 1 is 1.45 bits per heavy atom. The summed E-state index contributed by atoms with van der Waals surface area (Å²) in [7, 11) is 1.89. The molecule has 0 aliphatic rings. The summed E-state index contributed by atoms with van der Waals surface area (Å²) < 4.78 is 12.1. The third-order valence-electron chi connectivity index (χ3n) is 2.87. The molecule has 22 heavy (non-hydrogen) atoms. The molecule has 0 atom stereocenters. The highest BCUT2D eigenvalue weighted by atomic mass is 79.9. The predicted octanol–water partition coefficient (Wildman–Crippen LogP) is 3.32. The van der Waals surface area contributed by atoms with Gasteiger partial charge in [-0.3, -0.25) is 4.79 Å². The number of hydrogen-bond acceptors (Lipinski definition) is 4. The Labute approximate surface area is 139 Å². The average Bonchev–Trinajstić information content (AvgIpc) is 2.44. The molecule has 1 aromatic rings. The summed E-state index contributed by atoms with van der Waals surface area (Å²) in [5, 5.41) is 8.73. The smallest absolute Gasteiger partial charge is 0.304 e. The molecule has 0 aliphatic heterocycles. The Morgan fingerprint density at radius 2 is 2.18 bits per heavy atom. The fraction of sp³-hybridized carbons (Fsp3) is 0.438. The first-order valence-electron chi connectivity index (χ1n) is 7.07. The minimum atomic E-state index is -0.795. The van der Waals surface area contributed by atoms with Gasteiger partial charge in [0, 0.05) is 13.1 Å². The Morgan fingerprint density at radius 3 is 2.77 bits per heavy atom. The maximum Gasteiger partial charge on any atom is 0.304 e. The van der Waals surface area contributed by atoms with Gasteiger partial charge in [-0.1, -0.05) is 12.7 Å². The van der Waals surface area contributed by atoms with Gasteiger partial charge in [-0.25, -0.2) is 0 Å². The molecule has 1 N–H and O–H groups in total. The lowest BCUT2D eigenvalue weighted by Gasteiger charge is -2.18. The van der Waals surface area contributed by atoms with Gasteiger partial charge in [0.2, 0.25) is 0 Å². The fourth-order valence-corrected chi connectivity index (χ4v) is 2.54. The fourth-order valence-electron chi connectivity index (χ4n) is 1.94. The molecule has 1 rings (SSSR count). The first-order chi connectivity index (χ1) is 10.5. The van der Waals surface area contributed by atoms with Gasteiger partial charge in [0.15, 0.2) is 11.5 Å². The first kappa shape index (κ1) is 18.5. The number of hydrogen-bond donors (Lipinski definition) is 1. The number of carboxylic acids is 1. The SMILES string of the molecule is C=CCOc1c(Br)cc(CN(C)CCC(=O)O)cc1OCC. The number of benzene rings is 1. The van der Waals surface area contributed by atoms with E-state index < -0.39 is 5.97 Å². The normalized spacial score (nSPS) is 10.5. The van der Waals surface area contributed by atoms with E-state index in [9.17, 15) is 4.79 Å². The molecule has 0 heterocycles. The van der Waals surface area contributed by atoms with Crippen LogP contribution in [0.4, 0.5) is 0 Å². The third kappa shape index (κ3) is 6.07. The van der Waals surface area contributed by atoms with Gasteiger partial charge in [-0.15, -0.1) is 0 Å². The van der Waals surface area contributed by atoms with Crippen LogP contribution in [-0.4, -0.2) is 42.8 Å². The highest BCUT2D eigenvalue weighted by molar-refractivity contribution is 9.10. The van der Waals surface area contributed by atoms with E-state index in [1.807, 2.05) is 31.0 Å². The largest absolute Gasteiger partial charge is 0.490 e. The number of halogens is 1. The molecule has 0 radical (unpaired) electrons. The molecule has 0 fully saturated rings. The summed E-state index contributed by atoms with van der Waals surface area (Å²) in [6, 6.07) is 3.88. The van der Waals surface area contributed by atoms with Crippen LogP contribution in [0, 0.1) is 0 Å². The van der Waals surface area contributed by atoms with E-state index in [0.717, 1.165) is 10.0 Å². The van der Waals surface area contributed by atoms with Gasteiger partial charge in [-0.05, 0) is 47.6 Å². The molecule has 0 saturated carbocycles. The monoisotopic (exact) mass is 371 g/mol. The van der Waals surface area contributed by atoms with Crippen molar-refractivity contribution in [1.82, 2.24) is 4.90 Å². The summed E-state index contributed by atoms with van der Waals surface area (Å²) in [6.07, 6.45) is 1.80. The number of carbonyl (C=O) groups is 1. The van der Waals surface area contributed by atoms with Crippen LogP contribution in [0.5, 0.6) is 11.5 Å². The average molecular weight is 372 g/mol. The van der Waals surface area contributed by atoms with Crippen molar-refractivity contribution in [2.75, 3.05) is 26.8 Å². The first-order valence-corrected chi connectivity index (χ1v) is 7.86. The molecule has 5 nitrogen and oxygen atoms in total. The van der Waals surface area contributed by atoms with E-state index in [-0.39, 0.29) is 6.42 Å². The Balaban J connectivity index is 2.87. The van der Waals surface area contributed by atoms with Gasteiger partial charge in [0.25, 0.3) is 0 Å². The lowest BCUT2D eigenvalue weighted by molar-refractivity contribution is -0.137. The van der Waals surface area contributed by atoms with Gasteiger partial charge in [0.1, 0.15) is 6.61 Å². The van der Waals surface area contributed by atoms with E-state index in [1.165, 1.54) is 0 Å². The molecule has 0 aromatic heterocycles. The summed E-state index contributed by atoms with van der Waals surface area (Å²) in [6.45, 7) is 7.61. The van der Waals surface area contributed by atoms with Crippen LogP contribution in [0.2, 0.25) is 0 Å². The Kier molecular flexibility index (Phi) is 7.98. The summed E-state index contributed by atoms with van der Waals surface area (Å²) in [5.74, 6) is 0.523. The van der Waals surface area contributed by atoms with Crippen LogP contribution in [-0.2, 0) is 11.3 Å². The maximum absolute atomic E-state index is 10.6. The van der Waals surface area contributed by atoms with E-state index in [2.05, 4.69) is 22.5 Å². The third-order valence-corrected chi connectivity index (χ3v) is 3.46. The lowest BCUT2D eigenvalue weighted by atomic mass is 10.2. The summed E-state index contributed by atoms with van der Waals surface area (Å²) >= 11 is 3.50. The second-order valence-electron chi connectivity index (χ2n) is 4.82. The van der Waals surface area contributed by atoms with Gasteiger partial charge < -0.3 is 19.5 Å². The van der Waals surface area contributed by atoms with Crippen LogP contribution >= 0.6 is 15.9 Å². The molecule has 0 spiro atoms. The second kappa shape index (κ2) is 9.48. The predicted molar refractivity (Wildman–Crippen MR) is 89.6 cm³/mol. The molecule has 0 saturated heterocycles. The zero-order chi connectivity index (χ0) is 16.5. The van der Waals surface area contributed by atoms with E-state index >= 15 is 0 Å². The molecule has 122 valence electrons.